The van der Waals surface area contributed by atoms with Crippen molar-refractivity contribution >= 4 is 0 Å². The predicted octanol–water partition coefficient (Wildman–Crippen LogP) is 6.47. The van der Waals surface area contributed by atoms with Gasteiger partial charge in [-0.2, -0.15) is 0 Å². The highest BCUT2D eigenvalue weighted by Gasteiger charge is 2.38. The van der Waals surface area contributed by atoms with E-state index in [-0.39, 0.29) is 5.41 Å². The molecule has 0 saturated heterocycles. The summed E-state index contributed by atoms with van der Waals surface area (Å²) in [7, 11) is 2.13. The van der Waals surface area contributed by atoms with Crippen LogP contribution in [0.2, 0.25) is 0 Å². The number of benzene rings is 2. The second-order valence-corrected chi connectivity index (χ2v) is 9.46. The molecule has 154 valence electrons. The third-order valence-electron chi connectivity index (χ3n) is 6.77. The van der Waals surface area contributed by atoms with E-state index in [2.05, 4.69) is 113 Å². The van der Waals surface area contributed by atoms with Crippen molar-refractivity contribution in [3.05, 3.63) is 94.9 Å². The number of nitrogens with zero attached hydrogens (tertiary/aromatic N) is 2. The van der Waals surface area contributed by atoms with Crippen molar-refractivity contribution < 1.29 is 4.57 Å². The van der Waals surface area contributed by atoms with Gasteiger partial charge in [0.05, 0.1) is 5.69 Å². The van der Waals surface area contributed by atoms with Crippen LogP contribution in [0.4, 0.5) is 0 Å². The zero-order valence-corrected chi connectivity index (χ0v) is 19.2. The van der Waals surface area contributed by atoms with E-state index in [1.54, 1.807) is 0 Å². The van der Waals surface area contributed by atoms with Gasteiger partial charge in [0.1, 0.15) is 7.05 Å². The molecule has 0 radical (unpaired) electrons. The molecule has 2 aromatic heterocycles. The Balaban J connectivity index is 1.70. The first-order valence-electron chi connectivity index (χ1n) is 11.0. The number of hydrogen-bond donors (Lipinski definition) is 0. The van der Waals surface area contributed by atoms with E-state index in [1.807, 2.05) is 0 Å². The quantitative estimate of drug-likeness (QED) is 0.349. The molecule has 0 bridgehead atoms. The Kier molecular flexibility index (Phi) is 4.37. The first-order chi connectivity index (χ1) is 14.8. The van der Waals surface area contributed by atoms with Gasteiger partial charge in [-0.1, -0.05) is 55.8 Å². The number of rotatable bonds is 2. The van der Waals surface area contributed by atoms with Crippen LogP contribution in [0.3, 0.4) is 0 Å². The highest BCUT2D eigenvalue weighted by atomic mass is 14.9. The van der Waals surface area contributed by atoms with E-state index in [0.717, 1.165) is 5.69 Å². The van der Waals surface area contributed by atoms with Crippen LogP contribution in [-0.4, -0.2) is 4.98 Å². The Labute approximate surface area is 185 Å². The van der Waals surface area contributed by atoms with E-state index in [9.17, 15) is 0 Å². The number of aromatic nitrogens is 2. The Bertz CT molecular complexity index is 1330. The fourth-order valence-corrected chi connectivity index (χ4v) is 4.86. The minimum absolute atomic E-state index is 0.0775. The van der Waals surface area contributed by atoms with Crippen molar-refractivity contribution in [3.8, 4) is 33.5 Å². The summed E-state index contributed by atoms with van der Waals surface area (Å²) in [5, 5.41) is 0. The van der Waals surface area contributed by atoms with Crippen LogP contribution in [0.15, 0.2) is 66.9 Å². The SMILES string of the molecule is Cc1ccc(-c2cc[n+](C)c(-c3cc4c(cc3C)C(C)(C)c3nc(C)ccc3-4)c2)cc1. The molecule has 0 aliphatic heterocycles. The van der Waals surface area contributed by atoms with E-state index < -0.39 is 0 Å². The van der Waals surface area contributed by atoms with Crippen molar-refractivity contribution in [3.63, 3.8) is 0 Å². The topological polar surface area (TPSA) is 16.8 Å². The van der Waals surface area contributed by atoms with E-state index in [1.165, 1.54) is 55.9 Å². The van der Waals surface area contributed by atoms with Crippen LogP contribution in [0.25, 0.3) is 33.5 Å². The zero-order chi connectivity index (χ0) is 21.9. The summed E-state index contributed by atoms with van der Waals surface area (Å²) in [4.78, 5) is 4.93. The Morgan fingerprint density at radius 2 is 1.48 bits per heavy atom. The minimum Gasteiger partial charge on any atom is -0.257 e. The van der Waals surface area contributed by atoms with Crippen molar-refractivity contribution in [1.29, 1.82) is 0 Å². The smallest absolute Gasteiger partial charge is 0.213 e. The summed E-state index contributed by atoms with van der Waals surface area (Å²) in [6, 6.07) is 22.4. The van der Waals surface area contributed by atoms with Gasteiger partial charge in [-0.25, -0.2) is 4.57 Å². The Morgan fingerprint density at radius 3 is 2.23 bits per heavy atom. The van der Waals surface area contributed by atoms with Gasteiger partial charge in [0, 0.05) is 34.4 Å². The molecule has 1 aliphatic rings. The first-order valence-corrected chi connectivity index (χ1v) is 11.0. The molecule has 0 saturated carbocycles. The van der Waals surface area contributed by atoms with Crippen LogP contribution in [0.5, 0.6) is 0 Å². The normalized spacial score (nSPS) is 13.7. The second kappa shape index (κ2) is 6.88. The molecule has 2 aromatic carbocycles. The first kappa shape index (κ1) is 19.7. The maximum atomic E-state index is 4.93. The largest absolute Gasteiger partial charge is 0.257 e. The van der Waals surface area contributed by atoms with Gasteiger partial charge in [-0.3, -0.25) is 4.98 Å². The summed E-state index contributed by atoms with van der Waals surface area (Å²) in [6.07, 6.45) is 2.17. The van der Waals surface area contributed by atoms with Crippen LogP contribution >= 0.6 is 0 Å². The van der Waals surface area contributed by atoms with Crippen LogP contribution in [-0.2, 0) is 12.5 Å². The molecular formula is C29H29N2+. The lowest BCUT2D eigenvalue weighted by Gasteiger charge is -2.21. The molecule has 5 rings (SSSR count). The highest BCUT2D eigenvalue weighted by Crippen LogP contribution is 2.49. The van der Waals surface area contributed by atoms with E-state index in [4.69, 9.17) is 4.98 Å². The molecule has 1 aliphatic carbocycles. The molecule has 0 spiro atoms. The number of fused-ring (bicyclic) bond motifs is 3. The van der Waals surface area contributed by atoms with Crippen LogP contribution in [0, 0.1) is 20.8 Å². The summed E-state index contributed by atoms with van der Waals surface area (Å²) >= 11 is 0. The zero-order valence-electron chi connectivity index (χ0n) is 19.2. The standard InChI is InChI=1S/C29H29N2/c1-18-7-10-21(11-8-18)22-13-14-31(6)27(16-22)24-17-25-23-12-9-20(3)30-28(23)29(4,5)26(25)15-19(24)2/h7-17H,1-6H3/q+1. The lowest BCUT2D eigenvalue weighted by Crippen LogP contribution is -2.30. The number of hydrogen-bond acceptors (Lipinski definition) is 1. The number of pyridine rings is 2. The molecule has 0 amide bonds. The van der Waals surface area contributed by atoms with Gasteiger partial charge in [-0.05, 0) is 60.7 Å². The minimum atomic E-state index is -0.0775. The molecule has 4 aromatic rings. The highest BCUT2D eigenvalue weighted by molar-refractivity contribution is 5.84. The van der Waals surface area contributed by atoms with Gasteiger partial charge in [0.25, 0.3) is 0 Å². The van der Waals surface area contributed by atoms with Gasteiger partial charge in [-0.15, -0.1) is 0 Å². The van der Waals surface area contributed by atoms with Gasteiger partial charge in [0.2, 0.25) is 5.69 Å². The fraction of sp³-hybridized carbons (Fsp3) is 0.241. The summed E-state index contributed by atoms with van der Waals surface area (Å²) in [5.41, 5.74) is 13.7. The molecule has 0 N–H and O–H groups in total. The van der Waals surface area contributed by atoms with Crippen LogP contribution < -0.4 is 4.57 Å². The predicted molar refractivity (Wildman–Crippen MR) is 128 cm³/mol. The molecule has 0 fully saturated rings. The van der Waals surface area contributed by atoms with Gasteiger partial charge in [0.15, 0.2) is 6.20 Å². The second-order valence-electron chi connectivity index (χ2n) is 9.46. The van der Waals surface area contributed by atoms with Gasteiger partial charge >= 0.3 is 0 Å². The molecule has 2 heteroatoms. The van der Waals surface area contributed by atoms with Crippen molar-refractivity contribution in [1.82, 2.24) is 4.98 Å². The molecule has 2 heterocycles. The Hall–Kier alpha value is -3.26. The average Bonchev–Trinajstić information content (AvgIpc) is 2.95. The van der Waals surface area contributed by atoms with Crippen molar-refractivity contribution in [2.24, 2.45) is 7.05 Å². The summed E-state index contributed by atoms with van der Waals surface area (Å²) < 4.78 is 2.22. The fourth-order valence-electron chi connectivity index (χ4n) is 4.86. The third kappa shape index (κ3) is 3.09. The van der Waals surface area contributed by atoms with E-state index in [0.29, 0.717) is 0 Å². The van der Waals surface area contributed by atoms with Crippen molar-refractivity contribution in [2.45, 2.75) is 40.0 Å². The van der Waals surface area contributed by atoms with Gasteiger partial charge < -0.3 is 0 Å². The molecule has 0 atom stereocenters. The molecule has 0 unspecified atom stereocenters. The lowest BCUT2D eigenvalue weighted by molar-refractivity contribution is -0.660. The maximum Gasteiger partial charge on any atom is 0.213 e. The monoisotopic (exact) mass is 405 g/mol. The van der Waals surface area contributed by atoms with Crippen LogP contribution in [0.1, 0.15) is 41.9 Å². The van der Waals surface area contributed by atoms with E-state index >= 15 is 0 Å². The maximum absolute atomic E-state index is 4.93. The molecule has 31 heavy (non-hydrogen) atoms. The molecule has 2 nitrogen and oxygen atoms in total. The third-order valence-corrected chi connectivity index (χ3v) is 6.77. The van der Waals surface area contributed by atoms with Crippen molar-refractivity contribution in [2.75, 3.05) is 0 Å². The summed E-state index contributed by atoms with van der Waals surface area (Å²) in [6.45, 7) is 11.0. The Morgan fingerprint density at radius 1 is 0.742 bits per heavy atom. The molecular weight excluding hydrogens is 376 g/mol. The summed E-state index contributed by atoms with van der Waals surface area (Å²) in [5.74, 6) is 0. The lowest BCUT2D eigenvalue weighted by atomic mass is 9.83. The number of aryl methyl sites for hydroxylation is 4. The average molecular weight is 406 g/mol.